The topological polar surface area (TPSA) is 113 Å². The smallest absolute Gasteiger partial charge is 0.344 e. The Labute approximate surface area is 180 Å². The predicted octanol–water partition coefficient (Wildman–Crippen LogP) is 3.51. The average Bonchev–Trinajstić information content (AvgIpc) is 2.69. The van der Waals surface area contributed by atoms with Crippen molar-refractivity contribution in [2.75, 3.05) is 4.90 Å². The summed E-state index contributed by atoms with van der Waals surface area (Å²) in [6.07, 6.45) is 0.268. The molecule has 4 amide bonds. The number of rotatable bonds is 5. The summed E-state index contributed by atoms with van der Waals surface area (Å²) in [5, 5.41) is 11.4. The lowest BCUT2D eigenvalue weighted by molar-refractivity contribution is -0.144. The van der Waals surface area contributed by atoms with Crippen molar-refractivity contribution < 1.29 is 29.0 Å². The van der Waals surface area contributed by atoms with Crippen molar-refractivity contribution in [3.63, 3.8) is 0 Å². The zero-order chi connectivity index (χ0) is 22.0. The minimum Gasteiger partial charge on any atom is -0.479 e. The van der Waals surface area contributed by atoms with Crippen LogP contribution in [0.15, 0.2) is 48.0 Å². The number of aliphatic carboxylic acids is 1. The van der Waals surface area contributed by atoms with Crippen LogP contribution in [0.3, 0.4) is 0 Å². The summed E-state index contributed by atoms with van der Waals surface area (Å²) in [4.78, 5) is 48.9. The lowest BCUT2D eigenvalue weighted by Gasteiger charge is -2.26. The summed E-state index contributed by atoms with van der Waals surface area (Å²) < 4.78 is 5.23. The average molecular weight is 449 g/mol. The van der Waals surface area contributed by atoms with Crippen LogP contribution in [0.25, 0.3) is 6.08 Å². The van der Waals surface area contributed by atoms with Gasteiger partial charge in [-0.1, -0.05) is 35.3 Å². The molecule has 1 aliphatic rings. The molecule has 2 aromatic carbocycles. The third-order valence-electron chi connectivity index (χ3n) is 4.11. The Balaban J connectivity index is 1.88. The molecule has 0 radical (unpaired) electrons. The summed E-state index contributed by atoms with van der Waals surface area (Å²) in [5.74, 6) is -2.49. The van der Waals surface area contributed by atoms with Crippen LogP contribution in [0.5, 0.6) is 5.75 Å². The van der Waals surface area contributed by atoms with Gasteiger partial charge in [0.25, 0.3) is 11.8 Å². The van der Waals surface area contributed by atoms with Gasteiger partial charge in [-0.25, -0.2) is 14.5 Å². The third kappa shape index (κ3) is 4.45. The highest BCUT2D eigenvalue weighted by Crippen LogP contribution is 2.29. The number of hydrogen-bond acceptors (Lipinski definition) is 5. The molecule has 1 heterocycles. The van der Waals surface area contributed by atoms with Gasteiger partial charge in [-0.3, -0.25) is 14.9 Å². The summed E-state index contributed by atoms with van der Waals surface area (Å²) in [6.45, 7) is 1.39. The Morgan fingerprint density at radius 3 is 2.37 bits per heavy atom. The van der Waals surface area contributed by atoms with E-state index < -0.39 is 29.9 Å². The highest BCUT2D eigenvalue weighted by atomic mass is 35.5. The Hall–Kier alpha value is -3.36. The van der Waals surface area contributed by atoms with Crippen LogP contribution >= 0.6 is 23.2 Å². The Morgan fingerprint density at radius 2 is 1.77 bits per heavy atom. The molecular weight excluding hydrogens is 435 g/mol. The number of benzene rings is 2. The summed E-state index contributed by atoms with van der Waals surface area (Å²) in [7, 11) is 0. The molecular formula is C20H14Cl2N2O6. The van der Waals surface area contributed by atoms with Gasteiger partial charge in [0.15, 0.2) is 6.10 Å². The SMILES string of the molecule is C[C@H](Oc1ccc(/C=C2\C(=O)NC(=O)N(c3ccc(Cl)c(Cl)c3)C2=O)cc1)C(=O)O. The Bertz CT molecular complexity index is 1080. The molecule has 1 aliphatic heterocycles. The van der Waals surface area contributed by atoms with Crippen LogP contribution in [0.2, 0.25) is 10.0 Å². The molecule has 0 bridgehead atoms. The Morgan fingerprint density at radius 1 is 1.10 bits per heavy atom. The lowest BCUT2D eigenvalue weighted by Crippen LogP contribution is -2.54. The van der Waals surface area contributed by atoms with E-state index in [9.17, 15) is 19.2 Å². The number of halogens is 2. The zero-order valence-electron chi connectivity index (χ0n) is 15.4. The molecule has 0 saturated carbocycles. The highest BCUT2D eigenvalue weighted by molar-refractivity contribution is 6.43. The molecule has 2 aromatic rings. The van der Waals surface area contributed by atoms with Crippen LogP contribution in [0.4, 0.5) is 10.5 Å². The molecule has 1 atom stereocenters. The fourth-order valence-electron chi connectivity index (χ4n) is 2.58. The first-order valence-corrected chi connectivity index (χ1v) is 9.29. The van der Waals surface area contributed by atoms with E-state index in [0.29, 0.717) is 11.3 Å². The van der Waals surface area contributed by atoms with Gasteiger partial charge in [0.1, 0.15) is 11.3 Å². The highest BCUT2D eigenvalue weighted by Gasteiger charge is 2.37. The van der Waals surface area contributed by atoms with Crippen LogP contribution in [-0.2, 0) is 14.4 Å². The van der Waals surface area contributed by atoms with Gasteiger partial charge < -0.3 is 9.84 Å². The maximum atomic E-state index is 12.8. The quantitative estimate of drug-likeness (QED) is 0.534. The van der Waals surface area contributed by atoms with E-state index in [0.717, 1.165) is 4.90 Å². The first kappa shape index (κ1) is 21.4. The van der Waals surface area contributed by atoms with Gasteiger partial charge in [0, 0.05) is 0 Å². The summed E-state index contributed by atoms with van der Waals surface area (Å²) >= 11 is 11.8. The molecule has 8 nitrogen and oxygen atoms in total. The van der Waals surface area contributed by atoms with Crippen LogP contribution in [0, 0.1) is 0 Å². The number of carboxylic acid groups (broad SMARTS) is 1. The molecule has 154 valence electrons. The lowest BCUT2D eigenvalue weighted by atomic mass is 10.1. The molecule has 2 N–H and O–H groups in total. The fraction of sp³-hybridized carbons (Fsp3) is 0.100. The van der Waals surface area contributed by atoms with E-state index in [4.69, 9.17) is 33.0 Å². The predicted molar refractivity (Wildman–Crippen MR) is 110 cm³/mol. The van der Waals surface area contributed by atoms with Gasteiger partial charge in [0.05, 0.1) is 15.7 Å². The van der Waals surface area contributed by atoms with Crippen molar-refractivity contribution >= 4 is 58.8 Å². The zero-order valence-corrected chi connectivity index (χ0v) is 16.9. The van der Waals surface area contributed by atoms with E-state index in [2.05, 4.69) is 5.32 Å². The van der Waals surface area contributed by atoms with Crippen LogP contribution in [-0.4, -0.2) is 35.0 Å². The monoisotopic (exact) mass is 448 g/mol. The van der Waals surface area contributed by atoms with Crippen molar-refractivity contribution in [1.82, 2.24) is 5.32 Å². The summed E-state index contributed by atoms with van der Waals surface area (Å²) in [6, 6.07) is 9.36. The minimum atomic E-state index is -1.11. The first-order valence-electron chi connectivity index (χ1n) is 8.53. The molecule has 0 spiro atoms. The second-order valence-electron chi connectivity index (χ2n) is 6.22. The molecule has 0 aliphatic carbocycles. The number of nitrogens with zero attached hydrogens (tertiary/aromatic N) is 1. The maximum absolute atomic E-state index is 12.8. The molecule has 0 unspecified atom stereocenters. The molecule has 10 heteroatoms. The molecule has 0 aromatic heterocycles. The van der Waals surface area contributed by atoms with Crippen molar-refractivity contribution in [2.24, 2.45) is 0 Å². The normalized spacial score (nSPS) is 16.4. The molecule has 1 fully saturated rings. The van der Waals surface area contributed by atoms with E-state index >= 15 is 0 Å². The van der Waals surface area contributed by atoms with Gasteiger partial charge in [0.2, 0.25) is 0 Å². The number of imide groups is 2. The van der Waals surface area contributed by atoms with E-state index in [1.807, 2.05) is 0 Å². The van der Waals surface area contributed by atoms with E-state index in [1.54, 1.807) is 0 Å². The van der Waals surface area contributed by atoms with Crippen LogP contribution < -0.4 is 15.0 Å². The van der Waals surface area contributed by atoms with Crippen LogP contribution in [0.1, 0.15) is 12.5 Å². The minimum absolute atomic E-state index is 0.142. The van der Waals surface area contributed by atoms with Gasteiger partial charge in [-0.15, -0.1) is 0 Å². The molecule has 3 rings (SSSR count). The first-order chi connectivity index (χ1) is 14.2. The number of carboxylic acids is 1. The van der Waals surface area contributed by atoms with Crippen molar-refractivity contribution in [3.8, 4) is 5.75 Å². The van der Waals surface area contributed by atoms with Crippen molar-refractivity contribution in [3.05, 3.63) is 63.6 Å². The number of barbiturate groups is 1. The largest absolute Gasteiger partial charge is 0.479 e. The van der Waals surface area contributed by atoms with Crippen molar-refractivity contribution in [1.29, 1.82) is 0 Å². The standard InChI is InChI=1S/C20H14Cl2N2O6/c1-10(19(27)28)30-13-5-2-11(3-6-13)8-14-17(25)23-20(29)24(18(14)26)12-4-7-15(21)16(22)9-12/h2-10H,1H3,(H,27,28)(H,23,25,29)/b14-8+/t10-/m0/s1. The maximum Gasteiger partial charge on any atom is 0.344 e. The molecule has 1 saturated heterocycles. The Kier molecular flexibility index (Phi) is 6.09. The number of carbonyl (C=O) groups excluding carboxylic acids is 3. The summed E-state index contributed by atoms with van der Waals surface area (Å²) in [5.41, 5.74) is 0.345. The van der Waals surface area contributed by atoms with Gasteiger partial charge >= 0.3 is 12.0 Å². The van der Waals surface area contributed by atoms with Gasteiger partial charge in [-0.05, 0) is 48.9 Å². The third-order valence-corrected chi connectivity index (χ3v) is 4.85. The van der Waals surface area contributed by atoms with Gasteiger partial charge in [-0.2, -0.15) is 0 Å². The molecule has 30 heavy (non-hydrogen) atoms. The second-order valence-corrected chi connectivity index (χ2v) is 7.04. The fourth-order valence-corrected chi connectivity index (χ4v) is 2.87. The second kappa shape index (κ2) is 8.56. The number of hydrogen-bond donors (Lipinski definition) is 2. The number of nitrogens with one attached hydrogen (secondary N) is 1. The van der Waals surface area contributed by atoms with E-state index in [-0.39, 0.29) is 21.3 Å². The van der Waals surface area contributed by atoms with Crippen molar-refractivity contribution in [2.45, 2.75) is 13.0 Å². The number of anilines is 1. The number of carbonyl (C=O) groups is 4. The number of urea groups is 1. The number of amides is 4. The number of ether oxygens (including phenoxy) is 1. The van der Waals surface area contributed by atoms with E-state index in [1.165, 1.54) is 55.5 Å².